The van der Waals surface area contributed by atoms with Crippen molar-refractivity contribution in [3.05, 3.63) is 53.7 Å². The van der Waals surface area contributed by atoms with Gasteiger partial charge in [0.2, 0.25) is 0 Å². The first kappa shape index (κ1) is 13.7. The molecule has 0 fully saturated rings. The summed E-state index contributed by atoms with van der Waals surface area (Å²) in [6.07, 6.45) is 3.40. The van der Waals surface area contributed by atoms with Crippen LogP contribution >= 0.6 is 12.2 Å². The molecule has 19 heavy (non-hydrogen) atoms. The summed E-state index contributed by atoms with van der Waals surface area (Å²) in [7, 11) is 0. The number of pyridine rings is 1. The first-order valence-electron chi connectivity index (χ1n) is 6.19. The van der Waals surface area contributed by atoms with E-state index in [1.54, 1.807) is 12.5 Å². The molecule has 2 heterocycles. The third-order valence-electron chi connectivity index (χ3n) is 2.93. The molecule has 0 radical (unpaired) electrons. The molecule has 0 spiro atoms. The van der Waals surface area contributed by atoms with E-state index in [9.17, 15) is 0 Å². The molecule has 0 unspecified atom stereocenters. The minimum absolute atomic E-state index is 0.338. The average molecular weight is 275 g/mol. The molecular weight excluding hydrogens is 258 g/mol. The Hall–Kier alpha value is -1.72. The van der Waals surface area contributed by atoms with Crippen LogP contribution in [0.1, 0.15) is 23.9 Å². The fourth-order valence-corrected chi connectivity index (χ4v) is 2.12. The van der Waals surface area contributed by atoms with Gasteiger partial charge < -0.3 is 10.2 Å². The van der Waals surface area contributed by atoms with E-state index in [0.29, 0.717) is 10.7 Å². The Kier molecular flexibility index (Phi) is 4.65. The van der Waals surface area contributed by atoms with Crippen LogP contribution in [0.15, 0.2) is 41.1 Å². The van der Waals surface area contributed by atoms with Gasteiger partial charge in [0.1, 0.15) is 16.4 Å². The van der Waals surface area contributed by atoms with Crippen LogP contribution in [-0.4, -0.2) is 21.4 Å². The Bertz CT molecular complexity index is 539. The molecule has 0 saturated heterocycles. The number of nitrogens with two attached hydrogens (primary N) is 1. The highest BCUT2D eigenvalue weighted by Gasteiger charge is 2.11. The molecule has 0 atom stereocenters. The maximum Gasteiger partial charge on any atom is 0.123 e. The summed E-state index contributed by atoms with van der Waals surface area (Å²) in [6, 6.07) is 7.78. The Labute approximate surface area is 118 Å². The SMILES string of the molecule is CCN(Cc1ccco1)Cc1cccnc1C(N)=S. The Balaban J connectivity index is 2.12. The summed E-state index contributed by atoms with van der Waals surface area (Å²) in [5.41, 5.74) is 7.45. The van der Waals surface area contributed by atoms with Crippen LogP contribution in [-0.2, 0) is 13.1 Å². The molecule has 0 aliphatic heterocycles. The van der Waals surface area contributed by atoms with Crippen molar-refractivity contribution in [3.63, 3.8) is 0 Å². The summed E-state index contributed by atoms with van der Waals surface area (Å²) < 4.78 is 5.37. The predicted molar refractivity (Wildman–Crippen MR) is 78.6 cm³/mol. The fourth-order valence-electron chi connectivity index (χ4n) is 1.93. The van der Waals surface area contributed by atoms with Gasteiger partial charge in [0.05, 0.1) is 12.8 Å². The summed E-state index contributed by atoms with van der Waals surface area (Å²) in [5.74, 6) is 0.947. The number of rotatable bonds is 6. The molecule has 0 saturated carbocycles. The number of hydrogen-bond acceptors (Lipinski definition) is 4. The van der Waals surface area contributed by atoms with E-state index < -0.39 is 0 Å². The molecule has 0 amide bonds. The highest BCUT2D eigenvalue weighted by Crippen LogP contribution is 2.12. The highest BCUT2D eigenvalue weighted by molar-refractivity contribution is 7.80. The van der Waals surface area contributed by atoms with Gasteiger partial charge in [-0.3, -0.25) is 9.88 Å². The smallest absolute Gasteiger partial charge is 0.123 e. The van der Waals surface area contributed by atoms with E-state index >= 15 is 0 Å². The van der Waals surface area contributed by atoms with E-state index in [0.717, 1.165) is 31.0 Å². The van der Waals surface area contributed by atoms with E-state index in [1.165, 1.54) is 0 Å². The summed E-state index contributed by atoms with van der Waals surface area (Å²) in [5, 5.41) is 0. The molecule has 2 aromatic rings. The lowest BCUT2D eigenvalue weighted by atomic mass is 10.1. The van der Waals surface area contributed by atoms with Gasteiger partial charge in [0.25, 0.3) is 0 Å². The van der Waals surface area contributed by atoms with Gasteiger partial charge >= 0.3 is 0 Å². The van der Waals surface area contributed by atoms with Crippen LogP contribution < -0.4 is 5.73 Å². The molecule has 100 valence electrons. The van der Waals surface area contributed by atoms with Crippen molar-refractivity contribution in [1.29, 1.82) is 0 Å². The normalized spacial score (nSPS) is 10.8. The number of hydrogen-bond donors (Lipinski definition) is 1. The van der Waals surface area contributed by atoms with Crippen molar-refractivity contribution >= 4 is 17.2 Å². The summed E-state index contributed by atoms with van der Waals surface area (Å²) >= 11 is 5.03. The first-order valence-corrected chi connectivity index (χ1v) is 6.60. The molecule has 2 N–H and O–H groups in total. The van der Waals surface area contributed by atoms with Crippen molar-refractivity contribution in [3.8, 4) is 0 Å². The molecule has 0 bridgehead atoms. The monoisotopic (exact) mass is 275 g/mol. The molecule has 5 heteroatoms. The van der Waals surface area contributed by atoms with E-state index in [2.05, 4.69) is 16.8 Å². The van der Waals surface area contributed by atoms with Gasteiger partial charge in [-0.2, -0.15) is 0 Å². The van der Waals surface area contributed by atoms with Crippen LogP contribution in [0.5, 0.6) is 0 Å². The van der Waals surface area contributed by atoms with Crippen LogP contribution in [0.3, 0.4) is 0 Å². The number of nitrogens with zero attached hydrogens (tertiary/aromatic N) is 2. The average Bonchev–Trinajstić information content (AvgIpc) is 2.91. The molecule has 0 aliphatic carbocycles. The molecule has 0 aromatic carbocycles. The van der Waals surface area contributed by atoms with Gasteiger partial charge in [-0.15, -0.1) is 0 Å². The second-order valence-corrected chi connectivity index (χ2v) is 4.70. The van der Waals surface area contributed by atoms with Crippen LogP contribution in [0, 0.1) is 0 Å². The van der Waals surface area contributed by atoms with Gasteiger partial charge in [-0.1, -0.05) is 25.2 Å². The van der Waals surface area contributed by atoms with Crippen molar-refractivity contribution in [2.24, 2.45) is 5.73 Å². The van der Waals surface area contributed by atoms with Crippen molar-refractivity contribution in [2.75, 3.05) is 6.54 Å². The number of furan rings is 1. The van der Waals surface area contributed by atoms with Crippen LogP contribution in [0.25, 0.3) is 0 Å². The van der Waals surface area contributed by atoms with E-state index in [1.807, 2.05) is 24.3 Å². The maximum atomic E-state index is 5.70. The Morgan fingerprint density at radius 3 is 2.84 bits per heavy atom. The standard InChI is InChI=1S/C14H17N3OS/c1-2-17(10-12-6-4-8-18-12)9-11-5-3-7-16-13(11)14(15)19/h3-8H,2,9-10H2,1H3,(H2,15,19). The van der Waals surface area contributed by atoms with Gasteiger partial charge in [0, 0.05) is 12.7 Å². The molecule has 4 nitrogen and oxygen atoms in total. The molecule has 2 aromatic heterocycles. The second-order valence-electron chi connectivity index (χ2n) is 4.26. The van der Waals surface area contributed by atoms with Crippen molar-refractivity contribution in [1.82, 2.24) is 9.88 Å². The minimum atomic E-state index is 0.338. The maximum absolute atomic E-state index is 5.70. The van der Waals surface area contributed by atoms with E-state index in [-0.39, 0.29) is 0 Å². The lowest BCUT2D eigenvalue weighted by Crippen LogP contribution is -2.24. The third-order valence-corrected chi connectivity index (χ3v) is 3.12. The van der Waals surface area contributed by atoms with Gasteiger partial charge in [-0.25, -0.2) is 0 Å². The third kappa shape index (κ3) is 3.62. The zero-order valence-electron chi connectivity index (χ0n) is 10.9. The van der Waals surface area contributed by atoms with Crippen LogP contribution in [0.4, 0.5) is 0 Å². The largest absolute Gasteiger partial charge is 0.468 e. The van der Waals surface area contributed by atoms with Crippen molar-refractivity contribution < 1.29 is 4.42 Å². The predicted octanol–water partition coefficient (Wildman–Crippen LogP) is 2.33. The summed E-state index contributed by atoms with van der Waals surface area (Å²) in [6.45, 7) is 4.53. The zero-order chi connectivity index (χ0) is 13.7. The zero-order valence-corrected chi connectivity index (χ0v) is 11.7. The van der Waals surface area contributed by atoms with Crippen molar-refractivity contribution in [2.45, 2.75) is 20.0 Å². The van der Waals surface area contributed by atoms with Crippen LogP contribution in [0.2, 0.25) is 0 Å². The van der Waals surface area contributed by atoms with Gasteiger partial charge in [0.15, 0.2) is 0 Å². The van der Waals surface area contributed by atoms with Gasteiger partial charge in [-0.05, 0) is 30.3 Å². The molecule has 2 rings (SSSR count). The molecular formula is C14H17N3OS. The summed E-state index contributed by atoms with van der Waals surface area (Å²) in [4.78, 5) is 6.83. The topological polar surface area (TPSA) is 55.3 Å². The fraction of sp³-hybridized carbons (Fsp3) is 0.286. The lowest BCUT2D eigenvalue weighted by Gasteiger charge is -2.20. The Morgan fingerprint density at radius 2 is 2.21 bits per heavy atom. The quantitative estimate of drug-likeness (QED) is 0.820. The lowest BCUT2D eigenvalue weighted by molar-refractivity contribution is 0.247. The van der Waals surface area contributed by atoms with E-state index in [4.69, 9.17) is 22.4 Å². The molecule has 0 aliphatic rings. The first-order chi connectivity index (χ1) is 9.20. The number of thiocarbonyl (C=S) groups is 1. The number of aromatic nitrogens is 1. The Morgan fingerprint density at radius 1 is 1.37 bits per heavy atom. The second kappa shape index (κ2) is 6.45. The highest BCUT2D eigenvalue weighted by atomic mass is 32.1. The minimum Gasteiger partial charge on any atom is -0.468 e.